The van der Waals surface area contributed by atoms with E-state index in [1.807, 2.05) is 0 Å². The minimum atomic E-state index is 0.465. The molecule has 0 aromatic carbocycles. The lowest BCUT2D eigenvalue weighted by Gasteiger charge is -2.54. The van der Waals surface area contributed by atoms with Crippen molar-refractivity contribution in [2.45, 2.75) is 96.2 Å². The third-order valence-electron chi connectivity index (χ3n) is 6.76. The highest BCUT2D eigenvalue weighted by atomic mass is 15.3. The zero-order chi connectivity index (χ0) is 14.9. The molecule has 2 heteroatoms. The number of nitrogens with zero attached hydrogens (tertiary/aromatic N) is 1. The van der Waals surface area contributed by atoms with Gasteiger partial charge in [0, 0.05) is 30.7 Å². The van der Waals surface area contributed by atoms with Crippen molar-refractivity contribution in [1.82, 2.24) is 10.2 Å². The first-order valence-corrected chi connectivity index (χ1v) is 9.64. The lowest BCUT2D eigenvalue weighted by molar-refractivity contribution is -0.0126. The van der Waals surface area contributed by atoms with Gasteiger partial charge < -0.3 is 5.32 Å². The fourth-order valence-corrected chi connectivity index (χ4v) is 5.46. The minimum Gasteiger partial charge on any atom is -0.308 e. The second-order valence-corrected chi connectivity index (χ2v) is 8.42. The molecule has 0 amide bonds. The van der Waals surface area contributed by atoms with E-state index in [4.69, 9.17) is 0 Å². The highest BCUT2D eigenvalue weighted by Crippen LogP contribution is 2.38. The number of hydrogen-bond acceptors (Lipinski definition) is 2. The van der Waals surface area contributed by atoms with E-state index in [2.05, 4.69) is 31.0 Å². The van der Waals surface area contributed by atoms with E-state index < -0.39 is 0 Å². The molecule has 0 aromatic heterocycles. The van der Waals surface area contributed by atoms with E-state index in [0.29, 0.717) is 5.54 Å². The molecule has 1 saturated heterocycles. The molecular formula is C19H36N2. The fraction of sp³-hybridized carbons (Fsp3) is 1.00. The molecule has 0 radical (unpaired) electrons. The van der Waals surface area contributed by atoms with Gasteiger partial charge in [-0.25, -0.2) is 0 Å². The van der Waals surface area contributed by atoms with Crippen LogP contribution in [0.1, 0.15) is 78.6 Å². The quantitative estimate of drug-likeness (QED) is 0.820. The van der Waals surface area contributed by atoms with Crippen LogP contribution in [-0.4, -0.2) is 35.6 Å². The van der Waals surface area contributed by atoms with E-state index >= 15 is 0 Å². The van der Waals surface area contributed by atoms with Crippen molar-refractivity contribution in [1.29, 1.82) is 0 Å². The van der Waals surface area contributed by atoms with Gasteiger partial charge in [-0.15, -0.1) is 0 Å². The number of piperazine rings is 1. The molecule has 3 fully saturated rings. The average molecular weight is 293 g/mol. The molecule has 1 N–H and O–H groups in total. The Balaban J connectivity index is 1.73. The van der Waals surface area contributed by atoms with Crippen molar-refractivity contribution >= 4 is 0 Å². The Bertz CT molecular complexity index is 334. The molecule has 2 saturated carbocycles. The van der Waals surface area contributed by atoms with Crippen molar-refractivity contribution in [2.75, 3.05) is 13.1 Å². The number of nitrogens with one attached hydrogen (secondary N) is 1. The van der Waals surface area contributed by atoms with Crippen molar-refractivity contribution in [2.24, 2.45) is 11.8 Å². The van der Waals surface area contributed by atoms with Gasteiger partial charge in [-0.3, -0.25) is 4.90 Å². The Labute approximate surface area is 132 Å². The summed E-state index contributed by atoms with van der Waals surface area (Å²) >= 11 is 0. The molecule has 2 aliphatic carbocycles. The van der Waals surface area contributed by atoms with Gasteiger partial charge in [0.05, 0.1) is 0 Å². The lowest BCUT2D eigenvalue weighted by atomic mass is 9.75. The molecule has 3 aliphatic rings. The van der Waals surface area contributed by atoms with E-state index in [0.717, 1.165) is 23.9 Å². The van der Waals surface area contributed by atoms with Gasteiger partial charge in [-0.2, -0.15) is 0 Å². The van der Waals surface area contributed by atoms with E-state index in [1.165, 1.54) is 70.9 Å². The van der Waals surface area contributed by atoms with Crippen LogP contribution in [0.3, 0.4) is 0 Å². The molecule has 3 rings (SSSR count). The summed E-state index contributed by atoms with van der Waals surface area (Å²) in [4.78, 5) is 2.96. The molecule has 1 spiro atoms. The summed E-state index contributed by atoms with van der Waals surface area (Å²) in [5.74, 6) is 1.84. The second-order valence-electron chi connectivity index (χ2n) is 8.42. The highest BCUT2D eigenvalue weighted by molar-refractivity contribution is 5.02. The first-order valence-electron chi connectivity index (χ1n) is 9.64. The Morgan fingerprint density at radius 3 is 2.52 bits per heavy atom. The standard InChI is InChI=1S/C19H36N2/c1-4-17-13-20-19(10-6-5-7-11-19)14-21(17)18-9-8-15(2)12-16(18)3/h15-18,20H,4-14H2,1-3H3. The largest absolute Gasteiger partial charge is 0.308 e. The van der Waals surface area contributed by atoms with Crippen LogP contribution in [0, 0.1) is 11.8 Å². The van der Waals surface area contributed by atoms with Crippen molar-refractivity contribution in [3.63, 3.8) is 0 Å². The minimum absolute atomic E-state index is 0.465. The molecule has 1 heterocycles. The van der Waals surface area contributed by atoms with Gasteiger partial charge in [0.2, 0.25) is 0 Å². The molecule has 1 aliphatic heterocycles. The van der Waals surface area contributed by atoms with Crippen LogP contribution < -0.4 is 5.32 Å². The summed E-state index contributed by atoms with van der Waals surface area (Å²) in [6.07, 6.45) is 12.8. The van der Waals surface area contributed by atoms with Gasteiger partial charge in [-0.05, 0) is 50.4 Å². The van der Waals surface area contributed by atoms with Crippen LogP contribution >= 0.6 is 0 Å². The third kappa shape index (κ3) is 3.32. The third-order valence-corrected chi connectivity index (χ3v) is 6.76. The van der Waals surface area contributed by atoms with Crippen LogP contribution in [0.25, 0.3) is 0 Å². The molecule has 21 heavy (non-hydrogen) atoms. The maximum Gasteiger partial charge on any atom is 0.0309 e. The fourth-order valence-electron chi connectivity index (χ4n) is 5.46. The maximum absolute atomic E-state index is 3.99. The summed E-state index contributed by atoms with van der Waals surface area (Å²) in [6, 6.07) is 1.63. The molecule has 4 unspecified atom stereocenters. The van der Waals surface area contributed by atoms with Gasteiger partial charge in [-0.1, -0.05) is 40.0 Å². The monoisotopic (exact) mass is 292 g/mol. The van der Waals surface area contributed by atoms with Gasteiger partial charge >= 0.3 is 0 Å². The molecule has 4 atom stereocenters. The Kier molecular flexibility index (Phi) is 4.95. The van der Waals surface area contributed by atoms with Crippen LogP contribution in [0.15, 0.2) is 0 Å². The maximum atomic E-state index is 3.99. The summed E-state index contributed by atoms with van der Waals surface area (Å²) in [5, 5.41) is 3.99. The Hall–Kier alpha value is -0.0800. The average Bonchev–Trinajstić information content (AvgIpc) is 2.48. The second kappa shape index (κ2) is 6.58. The van der Waals surface area contributed by atoms with E-state index in [1.54, 1.807) is 0 Å². The predicted molar refractivity (Wildman–Crippen MR) is 90.6 cm³/mol. The van der Waals surface area contributed by atoms with Crippen LogP contribution in [-0.2, 0) is 0 Å². The summed E-state index contributed by atoms with van der Waals surface area (Å²) in [5.41, 5.74) is 0.465. The molecule has 0 aromatic rings. The SMILES string of the molecule is CCC1CNC2(CCCCC2)CN1C1CCC(C)CC1C. The smallest absolute Gasteiger partial charge is 0.0309 e. The normalized spacial score (nSPS) is 41.3. The van der Waals surface area contributed by atoms with Gasteiger partial charge in [0.25, 0.3) is 0 Å². The summed E-state index contributed by atoms with van der Waals surface area (Å²) < 4.78 is 0. The summed E-state index contributed by atoms with van der Waals surface area (Å²) in [7, 11) is 0. The Morgan fingerprint density at radius 2 is 1.86 bits per heavy atom. The highest BCUT2D eigenvalue weighted by Gasteiger charge is 2.43. The summed E-state index contributed by atoms with van der Waals surface area (Å²) in [6.45, 7) is 9.91. The first-order chi connectivity index (χ1) is 10.1. The van der Waals surface area contributed by atoms with Gasteiger partial charge in [0.1, 0.15) is 0 Å². The zero-order valence-electron chi connectivity index (χ0n) is 14.5. The van der Waals surface area contributed by atoms with Crippen LogP contribution in [0.4, 0.5) is 0 Å². The van der Waals surface area contributed by atoms with Crippen molar-refractivity contribution in [3.8, 4) is 0 Å². The lowest BCUT2D eigenvalue weighted by Crippen LogP contribution is -2.67. The number of rotatable bonds is 2. The van der Waals surface area contributed by atoms with E-state index in [-0.39, 0.29) is 0 Å². The van der Waals surface area contributed by atoms with E-state index in [9.17, 15) is 0 Å². The number of hydrogen-bond donors (Lipinski definition) is 1. The zero-order valence-corrected chi connectivity index (χ0v) is 14.5. The topological polar surface area (TPSA) is 15.3 Å². The van der Waals surface area contributed by atoms with Crippen molar-refractivity contribution in [3.05, 3.63) is 0 Å². The van der Waals surface area contributed by atoms with Crippen LogP contribution in [0.2, 0.25) is 0 Å². The van der Waals surface area contributed by atoms with Gasteiger partial charge in [0.15, 0.2) is 0 Å². The predicted octanol–water partition coefficient (Wildman–Crippen LogP) is 4.20. The van der Waals surface area contributed by atoms with Crippen molar-refractivity contribution < 1.29 is 0 Å². The Morgan fingerprint density at radius 1 is 1.10 bits per heavy atom. The molecular weight excluding hydrogens is 256 g/mol. The molecule has 0 bridgehead atoms. The molecule has 122 valence electrons. The molecule has 2 nitrogen and oxygen atoms in total. The first kappa shape index (κ1) is 15.8. The van der Waals surface area contributed by atoms with Crippen LogP contribution in [0.5, 0.6) is 0 Å².